The van der Waals surface area contributed by atoms with Gasteiger partial charge in [0.1, 0.15) is 6.04 Å². The molecule has 0 aliphatic heterocycles. The molecule has 0 saturated heterocycles. The van der Waals surface area contributed by atoms with Gasteiger partial charge in [0, 0.05) is 16.7 Å². The highest BCUT2D eigenvalue weighted by atomic mass is 35.5. The van der Waals surface area contributed by atoms with E-state index in [1.807, 2.05) is 6.26 Å². The van der Waals surface area contributed by atoms with E-state index in [-0.39, 0.29) is 24.2 Å². The zero-order valence-electron chi connectivity index (χ0n) is 8.07. The third-order valence-corrected chi connectivity index (χ3v) is 3.61. The van der Waals surface area contributed by atoms with Crippen molar-refractivity contribution in [1.29, 1.82) is 0 Å². The monoisotopic (exact) mass is 272 g/mol. The molecule has 0 aliphatic carbocycles. The normalized spacial score (nSPS) is 13.2. The number of rotatable bonds is 7. The van der Waals surface area contributed by atoms with Crippen molar-refractivity contribution in [3.8, 4) is 0 Å². The Morgan fingerprint density at radius 2 is 2.33 bits per heavy atom. The molecule has 0 bridgehead atoms. The van der Waals surface area contributed by atoms with Gasteiger partial charge in [-0.1, -0.05) is 26.7 Å². The van der Waals surface area contributed by atoms with Crippen LogP contribution in [0.2, 0.25) is 0 Å². The van der Waals surface area contributed by atoms with Gasteiger partial charge >= 0.3 is 5.97 Å². The van der Waals surface area contributed by atoms with Crippen molar-refractivity contribution >= 4 is 40.0 Å². The van der Waals surface area contributed by atoms with Gasteiger partial charge in [-0.3, -0.25) is 4.79 Å². The van der Waals surface area contributed by atoms with Crippen molar-refractivity contribution in [3.63, 3.8) is 0 Å². The number of carbonyl (C=O) groups is 1. The van der Waals surface area contributed by atoms with Crippen LogP contribution in [0.1, 0.15) is 6.42 Å². The van der Waals surface area contributed by atoms with Crippen LogP contribution < -0.4 is 5.73 Å². The molecule has 2 atom stereocenters. The molecule has 2 unspecified atom stereocenters. The first-order valence-electron chi connectivity index (χ1n) is 3.80. The van der Waals surface area contributed by atoms with E-state index in [1.54, 1.807) is 0 Å². The molecular weight excluding hydrogens is 260 g/mol. The lowest BCUT2D eigenvalue weighted by Crippen LogP contribution is -2.33. The molecule has 88 valence electrons. The molecule has 0 heterocycles. The van der Waals surface area contributed by atoms with Gasteiger partial charge < -0.3 is 10.8 Å². The number of carboxylic acid groups (broad SMARTS) is 1. The molecular formula is C6H13ClN4O2S2. The van der Waals surface area contributed by atoms with E-state index in [0.717, 1.165) is 0 Å². The first-order chi connectivity index (χ1) is 6.61. The van der Waals surface area contributed by atoms with Crippen LogP contribution in [0.25, 0.3) is 10.4 Å². The lowest BCUT2D eigenvalue weighted by Gasteiger charge is -2.14. The summed E-state index contributed by atoms with van der Waals surface area (Å²) in [6, 6.07) is -0.895. The van der Waals surface area contributed by atoms with Gasteiger partial charge in [-0.05, 0) is 18.2 Å². The molecule has 0 saturated carbocycles. The largest absolute Gasteiger partial charge is 0.480 e. The molecule has 0 aromatic heterocycles. The number of halogens is 1. The van der Waals surface area contributed by atoms with E-state index in [0.29, 0.717) is 6.42 Å². The Balaban J connectivity index is 0. The zero-order valence-corrected chi connectivity index (χ0v) is 10.5. The highest BCUT2D eigenvalue weighted by Crippen LogP contribution is 2.27. The van der Waals surface area contributed by atoms with Crippen LogP contribution in [0.4, 0.5) is 0 Å². The second-order valence-electron chi connectivity index (χ2n) is 2.48. The number of nitrogens with two attached hydrogens (primary N) is 1. The Bertz CT molecular complexity index is 237. The van der Waals surface area contributed by atoms with Crippen molar-refractivity contribution in [1.82, 2.24) is 0 Å². The summed E-state index contributed by atoms with van der Waals surface area (Å²) in [5, 5.41) is 11.9. The minimum absolute atomic E-state index is 0. The van der Waals surface area contributed by atoms with Crippen LogP contribution in [-0.2, 0) is 4.79 Å². The Morgan fingerprint density at radius 1 is 1.73 bits per heavy atom. The fourth-order valence-corrected chi connectivity index (χ4v) is 2.71. The van der Waals surface area contributed by atoms with Gasteiger partial charge in [0.25, 0.3) is 0 Å². The minimum Gasteiger partial charge on any atom is -0.480 e. The van der Waals surface area contributed by atoms with E-state index in [1.165, 1.54) is 21.6 Å². The average Bonchev–Trinajstić information content (AvgIpc) is 2.14. The molecule has 3 N–H and O–H groups in total. The van der Waals surface area contributed by atoms with Crippen molar-refractivity contribution in [2.45, 2.75) is 17.7 Å². The lowest BCUT2D eigenvalue weighted by molar-refractivity contribution is -0.138. The van der Waals surface area contributed by atoms with Gasteiger partial charge in [-0.15, -0.1) is 12.4 Å². The summed E-state index contributed by atoms with van der Waals surface area (Å²) in [7, 11) is 2.97. The number of nitrogens with zero attached hydrogens (tertiary/aromatic N) is 3. The molecule has 6 nitrogen and oxygen atoms in total. The summed E-state index contributed by atoms with van der Waals surface area (Å²) in [5.41, 5.74) is 13.5. The SMILES string of the molecule is CSSC(CN=[N+]=[N-])CC(N)C(=O)O.Cl. The Labute approximate surface area is 102 Å². The number of aliphatic carboxylic acids is 1. The number of hydrogen-bond donors (Lipinski definition) is 2. The first-order valence-corrected chi connectivity index (χ1v) is 6.42. The van der Waals surface area contributed by atoms with E-state index < -0.39 is 12.0 Å². The van der Waals surface area contributed by atoms with Crippen LogP contribution in [0.3, 0.4) is 0 Å². The number of azide groups is 1. The smallest absolute Gasteiger partial charge is 0.320 e. The zero-order chi connectivity index (χ0) is 11.0. The second kappa shape index (κ2) is 10.3. The van der Waals surface area contributed by atoms with Crippen molar-refractivity contribution in [3.05, 3.63) is 10.4 Å². The van der Waals surface area contributed by atoms with E-state index in [9.17, 15) is 4.79 Å². The lowest BCUT2D eigenvalue weighted by atomic mass is 10.2. The molecule has 0 aromatic carbocycles. The fourth-order valence-electron chi connectivity index (χ4n) is 0.792. The quantitative estimate of drug-likeness (QED) is 0.318. The average molecular weight is 273 g/mol. The highest BCUT2D eigenvalue weighted by molar-refractivity contribution is 8.76. The van der Waals surface area contributed by atoms with Gasteiger partial charge in [0.05, 0.1) is 0 Å². The van der Waals surface area contributed by atoms with Gasteiger partial charge in [0.15, 0.2) is 0 Å². The molecule has 0 aliphatic rings. The Hall–Kier alpha value is -0.270. The third-order valence-electron chi connectivity index (χ3n) is 1.41. The molecule has 9 heteroatoms. The maximum Gasteiger partial charge on any atom is 0.320 e. The van der Waals surface area contributed by atoms with E-state index in [4.69, 9.17) is 16.4 Å². The Morgan fingerprint density at radius 3 is 2.73 bits per heavy atom. The second-order valence-corrected chi connectivity index (χ2v) is 5.25. The van der Waals surface area contributed by atoms with Gasteiger partial charge in [-0.2, -0.15) is 0 Å². The fraction of sp³-hybridized carbons (Fsp3) is 0.833. The summed E-state index contributed by atoms with van der Waals surface area (Å²) in [6.45, 7) is 0.267. The van der Waals surface area contributed by atoms with Gasteiger partial charge in [-0.25, -0.2) is 0 Å². The summed E-state index contributed by atoms with van der Waals surface area (Å²) in [4.78, 5) is 13.1. The van der Waals surface area contributed by atoms with Crippen LogP contribution in [-0.4, -0.2) is 35.2 Å². The van der Waals surface area contributed by atoms with E-state index >= 15 is 0 Å². The first kappa shape index (κ1) is 17.1. The summed E-state index contributed by atoms with van der Waals surface area (Å²) >= 11 is 0. The van der Waals surface area contributed by atoms with Crippen LogP contribution in [0.5, 0.6) is 0 Å². The van der Waals surface area contributed by atoms with Crippen molar-refractivity contribution in [2.24, 2.45) is 10.8 Å². The molecule has 0 rings (SSSR count). The molecule has 15 heavy (non-hydrogen) atoms. The maximum atomic E-state index is 10.5. The highest BCUT2D eigenvalue weighted by Gasteiger charge is 2.18. The van der Waals surface area contributed by atoms with Crippen molar-refractivity contribution in [2.75, 3.05) is 12.8 Å². The maximum absolute atomic E-state index is 10.5. The van der Waals surface area contributed by atoms with E-state index in [2.05, 4.69) is 10.0 Å². The predicted octanol–water partition coefficient (Wildman–Crippen LogP) is 1.90. The molecule has 0 aromatic rings. The third kappa shape index (κ3) is 8.71. The minimum atomic E-state index is -1.03. The predicted molar refractivity (Wildman–Crippen MR) is 66.4 cm³/mol. The van der Waals surface area contributed by atoms with Crippen LogP contribution >= 0.6 is 34.0 Å². The topological polar surface area (TPSA) is 112 Å². The summed E-state index contributed by atoms with van der Waals surface area (Å²) in [6.07, 6.45) is 2.18. The molecule has 0 amide bonds. The Kier molecular flexibility index (Phi) is 11.7. The molecule has 0 spiro atoms. The van der Waals surface area contributed by atoms with Crippen LogP contribution in [0, 0.1) is 0 Å². The standard InChI is InChI=1S/C6H12N4O2S2.ClH/c1-13-14-4(3-9-10-8)2-5(7)6(11)12;/h4-5H,2-3,7H2,1H3,(H,11,12);1H. The number of hydrogen-bond acceptors (Lipinski definition) is 5. The van der Waals surface area contributed by atoms with Gasteiger partial charge in [0.2, 0.25) is 0 Å². The molecule has 0 radical (unpaired) electrons. The summed E-state index contributed by atoms with van der Waals surface area (Å²) in [5.74, 6) is -1.03. The van der Waals surface area contributed by atoms with Crippen molar-refractivity contribution < 1.29 is 9.90 Å². The van der Waals surface area contributed by atoms with Crippen LogP contribution in [0.15, 0.2) is 5.11 Å². The summed E-state index contributed by atoms with van der Waals surface area (Å²) < 4.78 is 0. The molecule has 0 fully saturated rings. The number of carboxylic acids is 1.